The normalized spacial score (nSPS) is 12.9. The number of benzene rings is 2. The zero-order valence-corrected chi connectivity index (χ0v) is 15.8. The molecule has 27 heavy (non-hydrogen) atoms. The Kier molecular flexibility index (Phi) is 4.58. The van der Waals surface area contributed by atoms with Crippen LogP contribution in [0.2, 0.25) is 5.02 Å². The highest BCUT2D eigenvalue weighted by Crippen LogP contribution is 2.35. The molecule has 1 amide bonds. The molecule has 0 saturated carbocycles. The van der Waals surface area contributed by atoms with Crippen LogP contribution >= 0.6 is 11.6 Å². The van der Waals surface area contributed by atoms with Gasteiger partial charge in [-0.05, 0) is 78.4 Å². The molecule has 5 heteroatoms. The highest BCUT2D eigenvalue weighted by molar-refractivity contribution is 6.30. The number of nitrogens with zero attached hydrogens (tertiary/aromatic N) is 2. The summed E-state index contributed by atoms with van der Waals surface area (Å²) in [7, 11) is 0. The molecule has 0 bridgehead atoms. The van der Waals surface area contributed by atoms with Crippen LogP contribution in [-0.2, 0) is 12.8 Å². The summed E-state index contributed by atoms with van der Waals surface area (Å²) in [6.07, 6.45) is 3.41. The second-order valence-corrected chi connectivity index (χ2v) is 7.34. The number of pyridine rings is 1. The number of nitrogens with two attached hydrogens (primary N) is 1. The number of fused-ring (bicyclic) bond motifs is 1. The van der Waals surface area contributed by atoms with Gasteiger partial charge in [-0.1, -0.05) is 23.7 Å². The Labute approximate surface area is 163 Å². The number of aryl methyl sites for hydroxylation is 1. The van der Waals surface area contributed by atoms with Crippen molar-refractivity contribution in [1.82, 2.24) is 4.98 Å². The summed E-state index contributed by atoms with van der Waals surface area (Å²) in [5.41, 5.74) is 11.6. The van der Waals surface area contributed by atoms with Crippen LogP contribution < -0.4 is 10.6 Å². The Morgan fingerprint density at radius 3 is 2.81 bits per heavy atom. The Morgan fingerprint density at radius 1 is 1.19 bits per heavy atom. The summed E-state index contributed by atoms with van der Waals surface area (Å²) in [5, 5.41) is 0.756. The third-order valence-electron chi connectivity index (χ3n) is 4.89. The van der Waals surface area contributed by atoms with E-state index in [0.29, 0.717) is 5.56 Å². The van der Waals surface area contributed by atoms with Gasteiger partial charge in [0, 0.05) is 29.0 Å². The molecule has 0 atom stereocenters. The quantitative estimate of drug-likeness (QED) is 0.731. The van der Waals surface area contributed by atoms with Crippen molar-refractivity contribution in [2.75, 3.05) is 11.4 Å². The third kappa shape index (κ3) is 3.53. The third-order valence-corrected chi connectivity index (χ3v) is 5.11. The van der Waals surface area contributed by atoms with Crippen molar-refractivity contribution in [3.05, 3.63) is 87.6 Å². The number of carbonyl (C=O) groups is 1. The van der Waals surface area contributed by atoms with Crippen LogP contribution in [0.25, 0.3) is 0 Å². The first-order chi connectivity index (χ1) is 13.0. The fraction of sp³-hybridized carbons (Fsp3) is 0.182. The minimum absolute atomic E-state index is 0.383. The van der Waals surface area contributed by atoms with Crippen LogP contribution in [-0.4, -0.2) is 17.4 Å². The summed E-state index contributed by atoms with van der Waals surface area (Å²) < 4.78 is 0. The van der Waals surface area contributed by atoms with E-state index in [9.17, 15) is 4.79 Å². The molecule has 4 rings (SSSR count). The second-order valence-electron chi connectivity index (χ2n) is 6.91. The molecule has 0 spiro atoms. The average molecular weight is 378 g/mol. The molecule has 0 aliphatic carbocycles. The number of aromatic nitrogens is 1. The molecule has 136 valence electrons. The first kappa shape index (κ1) is 17.6. The maximum Gasteiger partial charge on any atom is 0.249 e. The van der Waals surface area contributed by atoms with Gasteiger partial charge in [-0.15, -0.1) is 0 Å². The maximum atomic E-state index is 11.7. The topological polar surface area (TPSA) is 59.2 Å². The summed E-state index contributed by atoms with van der Waals surface area (Å²) in [6, 6.07) is 15.9. The molecule has 4 nitrogen and oxygen atoms in total. The van der Waals surface area contributed by atoms with E-state index in [2.05, 4.69) is 22.0 Å². The number of amides is 1. The zero-order valence-electron chi connectivity index (χ0n) is 15.1. The standard InChI is InChI=1S/C22H20ClN3O/c1-14-9-16(12-17(23)10-14)11-15-5-7-25-21(13-15)26-8-6-18-19(22(24)27)3-2-4-20(18)26/h2-5,7,9-10,12-13H,6,8,11H2,1H3,(H2,24,27). The van der Waals surface area contributed by atoms with Gasteiger partial charge in [-0.25, -0.2) is 4.98 Å². The lowest BCUT2D eigenvalue weighted by atomic mass is 10.0. The van der Waals surface area contributed by atoms with Crippen LogP contribution in [0.4, 0.5) is 11.5 Å². The molecule has 2 N–H and O–H groups in total. The SMILES string of the molecule is Cc1cc(Cl)cc(Cc2ccnc(N3CCc4c(C(N)=O)cccc43)c2)c1. The van der Waals surface area contributed by atoms with Crippen molar-refractivity contribution in [2.24, 2.45) is 5.73 Å². The Hall–Kier alpha value is -2.85. The van der Waals surface area contributed by atoms with Gasteiger partial charge in [0.05, 0.1) is 0 Å². The van der Waals surface area contributed by atoms with E-state index in [-0.39, 0.29) is 5.91 Å². The molecule has 0 fully saturated rings. The number of carbonyl (C=O) groups excluding carboxylic acids is 1. The number of anilines is 2. The summed E-state index contributed by atoms with van der Waals surface area (Å²) >= 11 is 6.19. The number of hydrogen-bond donors (Lipinski definition) is 1. The molecule has 1 aliphatic rings. The molecule has 2 aromatic carbocycles. The van der Waals surface area contributed by atoms with Crippen LogP contribution in [0.1, 0.15) is 32.6 Å². The number of rotatable bonds is 4. The van der Waals surface area contributed by atoms with Crippen LogP contribution in [0.3, 0.4) is 0 Å². The fourth-order valence-electron chi connectivity index (χ4n) is 3.77. The molecule has 1 aliphatic heterocycles. The Morgan fingerprint density at radius 2 is 2.04 bits per heavy atom. The summed E-state index contributed by atoms with van der Waals surface area (Å²) in [6.45, 7) is 2.83. The lowest BCUT2D eigenvalue weighted by molar-refractivity contribution is 0.0999. The van der Waals surface area contributed by atoms with Gasteiger partial charge < -0.3 is 10.6 Å². The van der Waals surface area contributed by atoms with Crippen molar-refractivity contribution in [3.8, 4) is 0 Å². The number of halogens is 1. The van der Waals surface area contributed by atoms with Gasteiger partial charge in [0.2, 0.25) is 5.91 Å². The van der Waals surface area contributed by atoms with Crippen LogP contribution in [0.5, 0.6) is 0 Å². The van der Waals surface area contributed by atoms with E-state index >= 15 is 0 Å². The predicted molar refractivity (Wildman–Crippen MR) is 109 cm³/mol. The van der Waals surface area contributed by atoms with Gasteiger partial charge in [0.15, 0.2) is 0 Å². The molecular weight excluding hydrogens is 358 g/mol. The summed E-state index contributed by atoms with van der Waals surface area (Å²) in [4.78, 5) is 18.4. The molecule has 3 aromatic rings. The van der Waals surface area contributed by atoms with Gasteiger partial charge in [0.1, 0.15) is 5.82 Å². The largest absolute Gasteiger partial charge is 0.366 e. The molecule has 0 saturated heterocycles. The molecule has 0 unspecified atom stereocenters. The van der Waals surface area contributed by atoms with E-state index in [1.807, 2.05) is 43.5 Å². The van der Waals surface area contributed by atoms with Gasteiger partial charge in [-0.3, -0.25) is 4.79 Å². The monoisotopic (exact) mass is 377 g/mol. The highest BCUT2D eigenvalue weighted by atomic mass is 35.5. The van der Waals surface area contributed by atoms with Crippen molar-refractivity contribution in [1.29, 1.82) is 0 Å². The van der Waals surface area contributed by atoms with Crippen molar-refractivity contribution in [2.45, 2.75) is 19.8 Å². The van der Waals surface area contributed by atoms with E-state index in [0.717, 1.165) is 47.0 Å². The average Bonchev–Trinajstić information content (AvgIpc) is 3.05. The van der Waals surface area contributed by atoms with E-state index < -0.39 is 0 Å². The van der Waals surface area contributed by atoms with Gasteiger partial charge in [0.25, 0.3) is 0 Å². The van der Waals surface area contributed by atoms with Crippen LogP contribution in [0.15, 0.2) is 54.7 Å². The van der Waals surface area contributed by atoms with Gasteiger partial charge >= 0.3 is 0 Å². The molecule has 1 aromatic heterocycles. The highest BCUT2D eigenvalue weighted by Gasteiger charge is 2.25. The lowest BCUT2D eigenvalue weighted by Crippen LogP contribution is -2.15. The van der Waals surface area contributed by atoms with Crippen molar-refractivity contribution in [3.63, 3.8) is 0 Å². The van der Waals surface area contributed by atoms with Crippen LogP contribution in [0, 0.1) is 6.92 Å². The lowest BCUT2D eigenvalue weighted by Gasteiger charge is -2.19. The predicted octanol–water partition coefficient (Wildman–Crippen LogP) is 4.43. The first-order valence-electron chi connectivity index (χ1n) is 8.91. The van der Waals surface area contributed by atoms with E-state index in [1.54, 1.807) is 6.07 Å². The van der Waals surface area contributed by atoms with E-state index in [4.69, 9.17) is 17.3 Å². The van der Waals surface area contributed by atoms with E-state index in [1.165, 1.54) is 11.1 Å². The minimum atomic E-state index is -0.383. The minimum Gasteiger partial charge on any atom is -0.366 e. The fourth-order valence-corrected chi connectivity index (χ4v) is 4.08. The number of hydrogen-bond acceptors (Lipinski definition) is 3. The smallest absolute Gasteiger partial charge is 0.249 e. The zero-order chi connectivity index (χ0) is 19.0. The molecule has 2 heterocycles. The first-order valence-corrected chi connectivity index (χ1v) is 9.29. The molecular formula is C22H20ClN3O. The number of primary amides is 1. The van der Waals surface area contributed by atoms with Gasteiger partial charge in [-0.2, -0.15) is 0 Å². The second kappa shape index (κ2) is 7.05. The molecule has 0 radical (unpaired) electrons. The Balaban J connectivity index is 1.65. The Bertz CT molecular complexity index is 1010. The van der Waals surface area contributed by atoms with Crippen molar-refractivity contribution < 1.29 is 4.79 Å². The summed E-state index contributed by atoms with van der Waals surface area (Å²) in [5.74, 6) is 0.498. The van der Waals surface area contributed by atoms with Crippen molar-refractivity contribution >= 4 is 29.0 Å². The maximum absolute atomic E-state index is 11.7.